The van der Waals surface area contributed by atoms with Gasteiger partial charge in [-0.1, -0.05) is 184 Å². The number of amides is 1. The van der Waals surface area contributed by atoms with E-state index >= 15 is 0 Å². The van der Waals surface area contributed by atoms with Crippen LogP contribution in [0.3, 0.4) is 0 Å². The molecule has 0 aromatic carbocycles. The lowest BCUT2D eigenvalue weighted by Gasteiger charge is -2.24. The van der Waals surface area contributed by atoms with Gasteiger partial charge in [-0.15, -0.1) is 0 Å². The third kappa shape index (κ3) is 41.2. The van der Waals surface area contributed by atoms with Crippen molar-refractivity contribution >= 4 is 13.7 Å². The van der Waals surface area contributed by atoms with Gasteiger partial charge in [-0.05, 0) is 70.6 Å². The molecule has 10 heteroatoms. The van der Waals surface area contributed by atoms with Gasteiger partial charge >= 0.3 is 7.82 Å². The van der Waals surface area contributed by atoms with E-state index < -0.39 is 38.6 Å². The first-order chi connectivity index (χ1) is 28.3. The summed E-state index contributed by atoms with van der Waals surface area (Å²) >= 11 is 0. The fraction of sp³-hybridized carbons (Fsp3) is 0.812. The van der Waals surface area contributed by atoms with Crippen molar-refractivity contribution in [3.63, 3.8) is 0 Å². The smallest absolute Gasteiger partial charge is 0.393 e. The lowest BCUT2D eigenvalue weighted by atomic mass is 10.0. The van der Waals surface area contributed by atoms with Gasteiger partial charge in [-0.2, -0.15) is 0 Å². The molecule has 6 N–H and O–H groups in total. The summed E-state index contributed by atoms with van der Waals surface area (Å²) in [6.07, 6.45) is 50.6. The van der Waals surface area contributed by atoms with Gasteiger partial charge in [-0.3, -0.25) is 13.8 Å². The maximum Gasteiger partial charge on any atom is 0.472 e. The summed E-state index contributed by atoms with van der Waals surface area (Å²) in [5, 5.41) is 24.1. The number of phosphoric ester groups is 1. The lowest BCUT2D eigenvalue weighted by molar-refractivity contribution is -0.124. The minimum absolute atomic E-state index is 0.0397. The summed E-state index contributed by atoms with van der Waals surface area (Å²) in [4.78, 5) is 22.8. The summed E-state index contributed by atoms with van der Waals surface area (Å²) < 4.78 is 22.1. The van der Waals surface area contributed by atoms with Crippen LogP contribution in [0.15, 0.2) is 48.6 Å². The standard InChI is InChI=1S/C48H91N2O7P/c1-3-5-7-9-11-13-15-17-19-21-22-23-24-26-28-30-32-34-36-38-40-47(52)46(44-57-58(54,55)56-42-41-49)50-48(53)43-45(51)39-37-35-33-31-29-27-25-20-18-16-14-12-10-8-6-4-2/h23-24,27,29-30,32,38,40,45-47,51-52H,3-22,25-26,28,31,33-37,39,41-44,49H2,1-2H3,(H,50,53)(H,54,55)/b24-23+,29-27-,32-30+,40-38+. The van der Waals surface area contributed by atoms with Crippen LogP contribution in [0.1, 0.15) is 213 Å². The molecular weight excluding hydrogens is 748 g/mol. The maximum absolute atomic E-state index is 12.8. The van der Waals surface area contributed by atoms with Crippen molar-refractivity contribution in [2.24, 2.45) is 5.73 Å². The van der Waals surface area contributed by atoms with Crippen molar-refractivity contribution in [2.45, 2.75) is 231 Å². The quantitative estimate of drug-likeness (QED) is 0.0231. The van der Waals surface area contributed by atoms with E-state index in [2.05, 4.69) is 55.6 Å². The number of nitrogens with one attached hydrogen (secondary N) is 1. The number of aliphatic hydroxyl groups excluding tert-OH is 2. The molecule has 0 aliphatic heterocycles. The molecule has 0 bridgehead atoms. The van der Waals surface area contributed by atoms with Crippen molar-refractivity contribution in [1.29, 1.82) is 0 Å². The van der Waals surface area contributed by atoms with Gasteiger partial charge in [0.15, 0.2) is 0 Å². The Morgan fingerprint density at radius 3 is 1.43 bits per heavy atom. The van der Waals surface area contributed by atoms with E-state index in [1.54, 1.807) is 6.08 Å². The van der Waals surface area contributed by atoms with Crippen LogP contribution < -0.4 is 11.1 Å². The SMILES string of the molecule is CCCCCCCCCCC/C=C\CCCCCC(O)CC(=O)NC(COP(=O)(O)OCCN)C(O)/C=C/CC/C=C/CC/C=C/CCCCCCCCCCCC. The number of phosphoric acid groups is 1. The zero-order valence-corrected chi connectivity index (χ0v) is 38.3. The maximum atomic E-state index is 12.8. The molecule has 9 nitrogen and oxygen atoms in total. The number of carbonyl (C=O) groups excluding carboxylic acids is 1. The number of hydrogen-bond donors (Lipinski definition) is 5. The molecule has 0 saturated carbocycles. The topological polar surface area (TPSA) is 151 Å². The lowest BCUT2D eigenvalue weighted by Crippen LogP contribution is -2.46. The van der Waals surface area contributed by atoms with Crippen LogP contribution in [0.2, 0.25) is 0 Å². The molecule has 0 saturated heterocycles. The second kappa shape index (κ2) is 43.5. The van der Waals surface area contributed by atoms with E-state index in [1.807, 2.05) is 6.08 Å². The van der Waals surface area contributed by atoms with E-state index in [0.29, 0.717) is 12.8 Å². The monoisotopic (exact) mass is 839 g/mol. The predicted molar refractivity (Wildman–Crippen MR) is 246 cm³/mol. The Balaban J connectivity index is 4.37. The van der Waals surface area contributed by atoms with Gasteiger partial charge in [0.2, 0.25) is 5.91 Å². The Morgan fingerprint density at radius 1 is 0.586 bits per heavy atom. The van der Waals surface area contributed by atoms with Gasteiger partial charge in [-0.25, -0.2) is 4.57 Å². The molecule has 0 fully saturated rings. The molecule has 4 atom stereocenters. The van der Waals surface area contributed by atoms with Crippen molar-refractivity contribution in [3.05, 3.63) is 48.6 Å². The van der Waals surface area contributed by atoms with E-state index in [-0.39, 0.29) is 19.6 Å². The van der Waals surface area contributed by atoms with Crippen LogP contribution in [-0.4, -0.2) is 59.0 Å². The van der Waals surface area contributed by atoms with Crippen molar-refractivity contribution in [3.8, 4) is 0 Å². The fourth-order valence-corrected chi connectivity index (χ4v) is 7.55. The number of hydrogen-bond acceptors (Lipinski definition) is 7. The van der Waals surface area contributed by atoms with Crippen LogP contribution in [0, 0.1) is 0 Å². The van der Waals surface area contributed by atoms with Crippen molar-refractivity contribution in [1.82, 2.24) is 5.32 Å². The minimum Gasteiger partial charge on any atom is -0.393 e. The number of rotatable bonds is 44. The molecule has 1 amide bonds. The van der Waals surface area contributed by atoms with Gasteiger partial charge in [0.1, 0.15) is 0 Å². The van der Waals surface area contributed by atoms with Crippen LogP contribution in [0.4, 0.5) is 0 Å². The molecule has 0 spiro atoms. The first-order valence-corrected chi connectivity index (χ1v) is 25.3. The number of carbonyl (C=O) groups is 1. The molecule has 58 heavy (non-hydrogen) atoms. The molecule has 0 rings (SSSR count). The van der Waals surface area contributed by atoms with Crippen molar-refractivity contribution in [2.75, 3.05) is 19.8 Å². The van der Waals surface area contributed by atoms with Gasteiger partial charge in [0.05, 0.1) is 37.9 Å². The third-order valence-corrected chi connectivity index (χ3v) is 11.4. The van der Waals surface area contributed by atoms with Crippen LogP contribution in [-0.2, 0) is 18.4 Å². The molecule has 0 aliphatic carbocycles. The minimum atomic E-state index is -4.42. The third-order valence-electron chi connectivity index (χ3n) is 10.4. The highest BCUT2D eigenvalue weighted by Crippen LogP contribution is 2.43. The van der Waals surface area contributed by atoms with E-state index in [4.69, 9.17) is 14.8 Å². The average Bonchev–Trinajstić information content (AvgIpc) is 3.20. The number of unbranched alkanes of at least 4 members (excludes halogenated alkanes) is 24. The fourth-order valence-electron chi connectivity index (χ4n) is 6.79. The predicted octanol–water partition coefficient (Wildman–Crippen LogP) is 12.6. The molecule has 4 unspecified atom stereocenters. The Labute approximate surface area is 356 Å². The largest absolute Gasteiger partial charge is 0.472 e. The summed E-state index contributed by atoms with van der Waals surface area (Å²) in [7, 11) is -4.42. The zero-order valence-electron chi connectivity index (χ0n) is 37.4. The van der Waals surface area contributed by atoms with Crippen LogP contribution >= 0.6 is 7.82 Å². The average molecular weight is 839 g/mol. The Morgan fingerprint density at radius 2 is 0.983 bits per heavy atom. The van der Waals surface area contributed by atoms with E-state index in [1.165, 1.54) is 122 Å². The molecular formula is C48H91N2O7P. The molecule has 0 aliphatic rings. The summed E-state index contributed by atoms with van der Waals surface area (Å²) in [5.74, 6) is -0.468. The molecule has 0 heterocycles. The Bertz CT molecular complexity index is 1070. The second-order valence-corrected chi connectivity index (χ2v) is 17.6. The second-order valence-electron chi connectivity index (χ2n) is 16.1. The highest BCUT2D eigenvalue weighted by atomic mass is 31.2. The highest BCUT2D eigenvalue weighted by Gasteiger charge is 2.27. The van der Waals surface area contributed by atoms with Gasteiger partial charge in [0, 0.05) is 6.54 Å². The number of allylic oxidation sites excluding steroid dienone is 7. The molecule has 0 aromatic rings. The highest BCUT2D eigenvalue weighted by molar-refractivity contribution is 7.47. The first-order valence-electron chi connectivity index (χ1n) is 23.8. The zero-order chi connectivity index (χ0) is 42.6. The molecule has 0 radical (unpaired) electrons. The Hall–Kier alpha value is -1.58. The molecule has 340 valence electrons. The van der Waals surface area contributed by atoms with Crippen molar-refractivity contribution < 1.29 is 33.5 Å². The van der Waals surface area contributed by atoms with E-state index in [0.717, 1.165) is 57.8 Å². The van der Waals surface area contributed by atoms with Gasteiger partial charge < -0.3 is 26.2 Å². The Kier molecular flexibility index (Phi) is 42.3. The first kappa shape index (κ1) is 56.4. The number of nitrogens with two attached hydrogens (primary N) is 1. The summed E-state index contributed by atoms with van der Waals surface area (Å²) in [5.41, 5.74) is 5.37. The molecule has 0 aromatic heterocycles. The summed E-state index contributed by atoms with van der Waals surface area (Å²) in [6, 6.07) is -1.01. The van der Waals surface area contributed by atoms with E-state index in [9.17, 15) is 24.5 Å². The van der Waals surface area contributed by atoms with Crippen LogP contribution in [0.5, 0.6) is 0 Å². The van der Waals surface area contributed by atoms with Gasteiger partial charge in [0.25, 0.3) is 0 Å². The van der Waals surface area contributed by atoms with Crippen LogP contribution in [0.25, 0.3) is 0 Å². The summed E-state index contributed by atoms with van der Waals surface area (Å²) in [6.45, 7) is 3.94. The normalized spacial score (nSPS) is 14.9. The number of aliphatic hydroxyl groups is 2.